The first-order valence-electron chi connectivity index (χ1n) is 6.54. The molecule has 4 heteroatoms. The number of nitrogens with zero attached hydrogens (tertiary/aromatic N) is 2. The lowest BCUT2D eigenvalue weighted by Crippen LogP contribution is -2.11. The molecule has 2 aromatic rings. The van der Waals surface area contributed by atoms with Crippen LogP contribution in [0.5, 0.6) is 5.75 Å². The van der Waals surface area contributed by atoms with Crippen LogP contribution in [0.15, 0.2) is 30.5 Å². The molecule has 0 aliphatic heterocycles. The Balaban J connectivity index is 2.27. The zero-order valence-corrected chi connectivity index (χ0v) is 12.0. The van der Waals surface area contributed by atoms with E-state index in [9.17, 15) is 0 Å². The summed E-state index contributed by atoms with van der Waals surface area (Å²) in [6, 6.07) is 7.97. The molecule has 0 unspecified atom stereocenters. The number of hydrogen-bond acceptors (Lipinski definition) is 3. The van der Waals surface area contributed by atoms with E-state index in [0.29, 0.717) is 5.92 Å². The molecule has 102 valence electrons. The van der Waals surface area contributed by atoms with Crippen LogP contribution in [0.3, 0.4) is 0 Å². The van der Waals surface area contributed by atoms with Gasteiger partial charge in [-0.05, 0) is 37.1 Å². The van der Waals surface area contributed by atoms with E-state index >= 15 is 0 Å². The summed E-state index contributed by atoms with van der Waals surface area (Å²) < 4.78 is 7.25. The van der Waals surface area contributed by atoms with E-state index in [1.165, 1.54) is 0 Å². The Bertz CT molecular complexity index is 529. The van der Waals surface area contributed by atoms with E-state index in [1.807, 2.05) is 37.4 Å². The summed E-state index contributed by atoms with van der Waals surface area (Å²) in [6.07, 6.45) is 2.03. The minimum Gasteiger partial charge on any atom is -0.497 e. The van der Waals surface area contributed by atoms with Gasteiger partial charge in [0.25, 0.3) is 0 Å². The molecule has 0 aliphatic rings. The Hall–Kier alpha value is -1.97. The van der Waals surface area contributed by atoms with Crippen molar-refractivity contribution in [2.45, 2.75) is 20.8 Å². The zero-order valence-electron chi connectivity index (χ0n) is 12.0. The number of rotatable bonds is 5. The standard InChI is InChI=1S/C15H21N3O/c1-11(2)9-16-15-17-12(3)10-18(15)13-5-7-14(19-4)8-6-13/h5-8,10-11H,9H2,1-4H3,(H,16,17). The van der Waals surface area contributed by atoms with Crippen LogP contribution in [0.25, 0.3) is 5.69 Å². The number of ether oxygens (including phenoxy) is 1. The lowest BCUT2D eigenvalue weighted by atomic mass is 10.2. The van der Waals surface area contributed by atoms with Gasteiger partial charge < -0.3 is 10.1 Å². The summed E-state index contributed by atoms with van der Waals surface area (Å²) in [5.74, 6) is 2.33. The van der Waals surface area contributed by atoms with Crippen molar-refractivity contribution in [3.8, 4) is 11.4 Å². The molecule has 0 aliphatic carbocycles. The van der Waals surface area contributed by atoms with E-state index in [2.05, 4.69) is 28.7 Å². The maximum absolute atomic E-state index is 5.18. The summed E-state index contributed by atoms with van der Waals surface area (Å²) >= 11 is 0. The molecule has 0 fully saturated rings. The van der Waals surface area contributed by atoms with Crippen LogP contribution >= 0.6 is 0 Å². The summed E-state index contributed by atoms with van der Waals surface area (Å²) in [4.78, 5) is 4.52. The Morgan fingerprint density at radius 2 is 1.95 bits per heavy atom. The number of aryl methyl sites for hydroxylation is 1. The minimum absolute atomic E-state index is 0.585. The highest BCUT2D eigenvalue weighted by molar-refractivity contribution is 5.45. The Kier molecular flexibility index (Phi) is 4.10. The average molecular weight is 259 g/mol. The monoisotopic (exact) mass is 259 g/mol. The third kappa shape index (κ3) is 3.28. The van der Waals surface area contributed by atoms with Crippen molar-refractivity contribution in [1.82, 2.24) is 9.55 Å². The molecule has 0 bridgehead atoms. The van der Waals surface area contributed by atoms with Gasteiger partial charge in [0, 0.05) is 18.4 Å². The van der Waals surface area contributed by atoms with E-state index in [0.717, 1.165) is 29.6 Å². The quantitative estimate of drug-likeness (QED) is 0.895. The topological polar surface area (TPSA) is 39.1 Å². The third-order valence-corrected chi connectivity index (χ3v) is 2.85. The van der Waals surface area contributed by atoms with Gasteiger partial charge in [-0.3, -0.25) is 4.57 Å². The van der Waals surface area contributed by atoms with Crippen molar-refractivity contribution in [2.24, 2.45) is 5.92 Å². The highest BCUT2D eigenvalue weighted by atomic mass is 16.5. The third-order valence-electron chi connectivity index (χ3n) is 2.85. The van der Waals surface area contributed by atoms with Crippen LogP contribution in [0.2, 0.25) is 0 Å². The van der Waals surface area contributed by atoms with E-state index < -0.39 is 0 Å². The molecule has 0 radical (unpaired) electrons. The first-order valence-corrected chi connectivity index (χ1v) is 6.54. The van der Waals surface area contributed by atoms with Gasteiger partial charge in [-0.25, -0.2) is 4.98 Å². The molecule has 0 atom stereocenters. The van der Waals surface area contributed by atoms with Gasteiger partial charge in [0.15, 0.2) is 0 Å². The predicted octanol–water partition coefficient (Wildman–Crippen LogP) is 3.26. The lowest BCUT2D eigenvalue weighted by molar-refractivity contribution is 0.415. The molecule has 0 amide bonds. The summed E-state index contributed by atoms with van der Waals surface area (Å²) in [5.41, 5.74) is 2.08. The molecule has 4 nitrogen and oxygen atoms in total. The van der Waals surface area contributed by atoms with Gasteiger partial charge in [-0.15, -0.1) is 0 Å². The zero-order chi connectivity index (χ0) is 13.8. The van der Waals surface area contributed by atoms with Crippen LogP contribution in [0.1, 0.15) is 19.5 Å². The van der Waals surface area contributed by atoms with Crippen LogP contribution in [-0.2, 0) is 0 Å². The largest absolute Gasteiger partial charge is 0.497 e. The predicted molar refractivity (Wildman–Crippen MR) is 78.2 cm³/mol. The first-order chi connectivity index (χ1) is 9.10. The molecule has 0 saturated heterocycles. The number of hydrogen-bond donors (Lipinski definition) is 1. The summed E-state index contributed by atoms with van der Waals surface area (Å²) in [7, 11) is 1.67. The molecule has 1 aromatic carbocycles. The normalized spacial score (nSPS) is 10.8. The summed E-state index contributed by atoms with van der Waals surface area (Å²) in [5, 5.41) is 3.38. The van der Waals surface area contributed by atoms with E-state index in [4.69, 9.17) is 4.74 Å². The van der Waals surface area contributed by atoms with Gasteiger partial charge >= 0.3 is 0 Å². The average Bonchev–Trinajstić information content (AvgIpc) is 2.78. The fourth-order valence-corrected chi connectivity index (χ4v) is 1.86. The lowest BCUT2D eigenvalue weighted by Gasteiger charge is -2.11. The molecule has 1 heterocycles. The molecule has 1 N–H and O–H groups in total. The molecule has 1 aromatic heterocycles. The van der Waals surface area contributed by atoms with Crippen molar-refractivity contribution < 1.29 is 4.74 Å². The van der Waals surface area contributed by atoms with Gasteiger partial charge in [0.2, 0.25) is 5.95 Å². The fourth-order valence-electron chi connectivity index (χ4n) is 1.86. The molecular formula is C15H21N3O. The van der Waals surface area contributed by atoms with Crippen molar-refractivity contribution in [2.75, 3.05) is 19.0 Å². The molecule has 0 spiro atoms. The maximum Gasteiger partial charge on any atom is 0.207 e. The SMILES string of the molecule is COc1ccc(-n2cc(C)nc2NCC(C)C)cc1. The number of methoxy groups -OCH3 is 1. The second-order valence-corrected chi connectivity index (χ2v) is 5.05. The highest BCUT2D eigenvalue weighted by Crippen LogP contribution is 2.19. The van der Waals surface area contributed by atoms with E-state index in [-0.39, 0.29) is 0 Å². The van der Waals surface area contributed by atoms with Crippen molar-refractivity contribution in [3.63, 3.8) is 0 Å². The first kappa shape index (κ1) is 13.5. The van der Waals surface area contributed by atoms with Gasteiger partial charge in [0.1, 0.15) is 5.75 Å². The number of imidazole rings is 1. The fraction of sp³-hybridized carbons (Fsp3) is 0.400. The number of benzene rings is 1. The second-order valence-electron chi connectivity index (χ2n) is 5.05. The number of nitrogens with one attached hydrogen (secondary N) is 1. The number of anilines is 1. The second kappa shape index (κ2) is 5.78. The van der Waals surface area contributed by atoms with Gasteiger partial charge in [-0.1, -0.05) is 13.8 Å². The van der Waals surface area contributed by atoms with Crippen molar-refractivity contribution >= 4 is 5.95 Å². The summed E-state index contributed by atoms with van der Waals surface area (Å²) in [6.45, 7) is 7.27. The van der Waals surface area contributed by atoms with E-state index in [1.54, 1.807) is 7.11 Å². The smallest absolute Gasteiger partial charge is 0.207 e. The van der Waals surface area contributed by atoms with Crippen molar-refractivity contribution in [3.05, 3.63) is 36.2 Å². The van der Waals surface area contributed by atoms with Crippen molar-refractivity contribution in [1.29, 1.82) is 0 Å². The Labute approximate surface area is 114 Å². The van der Waals surface area contributed by atoms with Crippen LogP contribution in [0.4, 0.5) is 5.95 Å². The molecular weight excluding hydrogens is 238 g/mol. The van der Waals surface area contributed by atoms with Crippen LogP contribution < -0.4 is 10.1 Å². The van der Waals surface area contributed by atoms with Gasteiger partial charge in [-0.2, -0.15) is 0 Å². The Morgan fingerprint density at radius 3 is 2.53 bits per heavy atom. The highest BCUT2D eigenvalue weighted by Gasteiger charge is 2.07. The molecule has 19 heavy (non-hydrogen) atoms. The van der Waals surface area contributed by atoms with Crippen LogP contribution in [-0.4, -0.2) is 23.2 Å². The minimum atomic E-state index is 0.585. The molecule has 2 rings (SSSR count). The Morgan fingerprint density at radius 1 is 1.26 bits per heavy atom. The van der Waals surface area contributed by atoms with Crippen LogP contribution in [0, 0.1) is 12.8 Å². The maximum atomic E-state index is 5.18. The number of aromatic nitrogens is 2. The molecule has 0 saturated carbocycles. The van der Waals surface area contributed by atoms with Gasteiger partial charge in [0.05, 0.1) is 12.8 Å².